The number of carbonyl (C=O) groups excluding carboxylic acids is 2. The first-order valence-corrected chi connectivity index (χ1v) is 9.56. The van der Waals surface area contributed by atoms with Crippen molar-refractivity contribution in [3.63, 3.8) is 0 Å². The van der Waals surface area contributed by atoms with E-state index < -0.39 is 18.2 Å². The second-order valence-electron chi connectivity index (χ2n) is 6.93. The third kappa shape index (κ3) is 5.73. The predicted octanol–water partition coefficient (Wildman–Crippen LogP) is 1.76. The number of aliphatic hydroxyl groups is 1. The Bertz CT molecular complexity index is 842. The van der Waals surface area contributed by atoms with E-state index in [0.717, 1.165) is 5.56 Å². The molecule has 1 aromatic carbocycles. The summed E-state index contributed by atoms with van der Waals surface area (Å²) < 4.78 is 5.81. The minimum absolute atomic E-state index is 0.114. The van der Waals surface area contributed by atoms with Gasteiger partial charge in [0.2, 0.25) is 5.91 Å². The number of benzene rings is 1. The summed E-state index contributed by atoms with van der Waals surface area (Å²) in [6, 6.07) is 12.4. The Morgan fingerprint density at radius 2 is 1.97 bits per heavy atom. The van der Waals surface area contributed by atoms with E-state index in [-0.39, 0.29) is 30.9 Å². The molecule has 3 N–H and O–H groups in total. The van der Waals surface area contributed by atoms with Crippen LogP contribution in [0.3, 0.4) is 0 Å². The summed E-state index contributed by atoms with van der Waals surface area (Å²) >= 11 is 0. The molecule has 2 amide bonds. The topological polar surface area (TPSA) is 101 Å². The fourth-order valence-corrected chi connectivity index (χ4v) is 3.18. The van der Waals surface area contributed by atoms with Crippen LogP contribution in [0.4, 0.5) is 0 Å². The van der Waals surface area contributed by atoms with Crippen LogP contribution in [-0.4, -0.2) is 46.8 Å². The maximum Gasteiger partial charge on any atom is 0.253 e. The molecular formula is C22H25N3O4. The third-order valence-corrected chi connectivity index (χ3v) is 4.75. The number of nitrogens with one attached hydrogen (secondary N) is 2. The van der Waals surface area contributed by atoms with Gasteiger partial charge in [-0.15, -0.1) is 0 Å². The lowest BCUT2D eigenvalue weighted by molar-refractivity contribution is -0.126. The van der Waals surface area contributed by atoms with Crippen LogP contribution in [-0.2, 0) is 9.53 Å². The second kappa shape index (κ2) is 9.95. The molecular weight excluding hydrogens is 370 g/mol. The minimum atomic E-state index is -0.634. The molecule has 0 fully saturated rings. The molecule has 3 rings (SSSR count). The van der Waals surface area contributed by atoms with Crippen LogP contribution in [0.25, 0.3) is 0 Å². The summed E-state index contributed by atoms with van der Waals surface area (Å²) in [6.45, 7) is 1.65. The molecule has 7 heteroatoms. The van der Waals surface area contributed by atoms with E-state index in [1.165, 1.54) is 6.20 Å². The maximum atomic E-state index is 12.4. The maximum absolute atomic E-state index is 12.4. The minimum Gasteiger partial charge on any atom is -0.394 e. The number of hydrogen-bond acceptors (Lipinski definition) is 5. The van der Waals surface area contributed by atoms with E-state index in [0.29, 0.717) is 5.56 Å². The summed E-state index contributed by atoms with van der Waals surface area (Å²) in [5.74, 6) is -0.451. The van der Waals surface area contributed by atoms with Crippen LogP contribution < -0.4 is 10.6 Å². The van der Waals surface area contributed by atoms with Crippen molar-refractivity contribution in [1.29, 1.82) is 0 Å². The van der Waals surface area contributed by atoms with Crippen LogP contribution >= 0.6 is 0 Å². The van der Waals surface area contributed by atoms with Crippen molar-refractivity contribution in [2.24, 2.45) is 0 Å². The van der Waals surface area contributed by atoms with Gasteiger partial charge >= 0.3 is 0 Å². The molecule has 0 unspecified atom stereocenters. The number of aromatic nitrogens is 1. The van der Waals surface area contributed by atoms with E-state index in [2.05, 4.69) is 15.6 Å². The summed E-state index contributed by atoms with van der Waals surface area (Å²) in [5.41, 5.74) is 1.45. The van der Waals surface area contributed by atoms with Crippen LogP contribution in [0.15, 0.2) is 67.0 Å². The Hall–Kier alpha value is -3.03. The van der Waals surface area contributed by atoms with E-state index in [1.807, 2.05) is 37.3 Å². The lowest BCUT2D eigenvalue weighted by atomic mass is 10.0. The van der Waals surface area contributed by atoms with Gasteiger partial charge in [0.15, 0.2) is 0 Å². The first-order chi connectivity index (χ1) is 14.1. The second-order valence-corrected chi connectivity index (χ2v) is 6.93. The molecule has 1 aliphatic heterocycles. The van der Waals surface area contributed by atoms with Crippen molar-refractivity contribution in [2.45, 2.75) is 37.6 Å². The number of aliphatic hydroxyl groups excluding tert-OH is 1. The number of nitrogens with zero attached hydrogens (tertiary/aromatic N) is 1. The zero-order valence-corrected chi connectivity index (χ0v) is 16.2. The normalized spacial score (nSPS) is 21.9. The van der Waals surface area contributed by atoms with Gasteiger partial charge in [-0.25, -0.2) is 0 Å². The Kier molecular flexibility index (Phi) is 7.10. The average molecular weight is 395 g/mol. The Labute approximate surface area is 169 Å². The molecule has 29 heavy (non-hydrogen) atoms. The van der Waals surface area contributed by atoms with Gasteiger partial charge < -0.3 is 20.5 Å². The van der Waals surface area contributed by atoms with E-state index in [1.54, 1.807) is 30.5 Å². The smallest absolute Gasteiger partial charge is 0.253 e. The quantitative estimate of drug-likeness (QED) is 0.621. The number of ether oxygens (including phenoxy) is 1. The highest BCUT2D eigenvalue weighted by Crippen LogP contribution is 2.17. The predicted molar refractivity (Wildman–Crippen MR) is 108 cm³/mol. The monoisotopic (exact) mass is 395 g/mol. The number of carbonyl (C=O) groups is 2. The molecule has 0 aliphatic carbocycles. The molecule has 0 bridgehead atoms. The lowest BCUT2D eigenvalue weighted by Gasteiger charge is -2.31. The Morgan fingerprint density at radius 3 is 2.66 bits per heavy atom. The van der Waals surface area contributed by atoms with Crippen molar-refractivity contribution < 1.29 is 19.4 Å². The lowest BCUT2D eigenvalue weighted by Crippen LogP contribution is -2.49. The fraction of sp³-hybridized carbons (Fsp3) is 0.318. The number of hydrogen-bond donors (Lipinski definition) is 3. The number of rotatable bonds is 7. The van der Waals surface area contributed by atoms with E-state index >= 15 is 0 Å². The summed E-state index contributed by atoms with van der Waals surface area (Å²) in [6.07, 6.45) is 5.59. The van der Waals surface area contributed by atoms with Gasteiger partial charge in [-0.2, -0.15) is 0 Å². The van der Waals surface area contributed by atoms with Gasteiger partial charge in [0.05, 0.1) is 36.8 Å². The largest absolute Gasteiger partial charge is 0.394 e. The molecule has 1 aromatic heterocycles. The number of pyridine rings is 1. The van der Waals surface area contributed by atoms with Gasteiger partial charge in [0.25, 0.3) is 5.91 Å². The van der Waals surface area contributed by atoms with Crippen LogP contribution in [0.5, 0.6) is 0 Å². The average Bonchev–Trinajstić information content (AvgIpc) is 2.75. The summed E-state index contributed by atoms with van der Waals surface area (Å²) in [7, 11) is 0. The highest BCUT2D eigenvalue weighted by Gasteiger charge is 2.29. The summed E-state index contributed by atoms with van der Waals surface area (Å²) in [5, 5.41) is 15.4. The zero-order valence-electron chi connectivity index (χ0n) is 16.2. The third-order valence-electron chi connectivity index (χ3n) is 4.75. The van der Waals surface area contributed by atoms with Crippen LogP contribution in [0, 0.1) is 0 Å². The number of amides is 2. The van der Waals surface area contributed by atoms with Gasteiger partial charge in [0, 0.05) is 12.4 Å². The molecule has 0 radical (unpaired) electrons. The van der Waals surface area contributed by atoms with Crippen molar-refractivity contribution in [2.75, 3.05) is 6.61 Å². The first-order valence-electron chi connectivity index (χ1n) is 9.56. The van der Waals surface area contributed by atoms with Crippen molar-refractivity contribution in [3.8, 4) is 0 Å². The molecule has 0 saturated carbocycles. The van der Waals surface area contributed by atoms with Gasteiger partial charge in [0.1, 0.15) is 6.10 Å². The summed E-state index contributed by atoms with van der Waals surface area (Å²) in [4.78, 5) is 28.6. The molecule has 152 valence electrons. The van der Waals surface area contributed by atoms with Gasteiger partial charge in [-0.1, -0.05) is 42.5 Å². The van der Waals surface area contributed by atoms with Gasteiger partial charge in [-0.05, 0) is 24.6 Å². The Balaban J connectivity index is 1.55. The highest BCUT2D eigenvalue weighted by atomic mass is 16.5. The zero-order chi connectivity index (χ0) is 20.6. The van der Waals surface area contributed by atoms with Crippen molar-refractivity contribution >= 4 is 11.8 Å². The molecule has 0 spiro atoms. The van der Waals surface area contributed by atoms with Crippen molar-refractivity contribution in [1.82, 2.24) is 15.6 Å². The fourth-order valence-electron chi connectivity index (χ4n) is 3.18. The standard InChI is InChI=1S/C22H25N3O4/c1-15(16-6-3-2-4-7-16)24-21(27)12-18-9-10-19(20(14-26)29-18)25-22(28)17-8-5-11-23-13-17/h2-11,13,15,18-20,26H,12,14H2,1H3,(H,24,27)(H,25,28)/t15-,18+,19+,20+/m0/s1. The van der Waals surface area contributed by atoms with Crippen LogP contribution in [0.2, 0.25) is 0 Å². The molecule has 4 atom stereocenters. The van der Waals surface area contributed by atoms with Crippen LogP contribution in [0.1, 0.15) is 35.3 Å². The van der Waals surface area contributed by atoms with Gasteiger partial charge in [-0.3, -0.25) is 14.6 Å². The molecule has 2 heterocycles. The molecule has 0 saturated heterocycles. The molecule has 7 nitrogen and oxygen atoms in total. The highest BCUT2D eigenvalue weighted by molar-refractivity contribution is 5.94. The van der Waals surface area contributed by atoms with Crippen molar-refractivity contribution in [3.05, 3.63) is 78.1 Å². The Morgan fingerprint density at radius 1 is 1.17 bits per heavy atom. The SMILES string of the molecule is C[C@H](NC(=O)C[C@H]1C=C[C@@H](NC(=O)c2cccnc2)[C@@H](CO)O1)c1ccccc1. The van der Waals surface area contributed by atoms with E-state index in [9.17, 15) is 14.7 Å². The molecule has 2 aromatic rings. The first kappa shape index (κ1) is 20.7. The molecule has 1 aliphatic rings. The van der Waals surface area contributed by atoms with E-state index in [4.69, 9.17) is 4.74 Å².